The van der Waals surface area contributed by atoms with Crippen LogP contribution < -0.4 is 0 Å². The van der Waals surface area contributed by atoms with E-state index in [0.29, 0.717) is 18.3 Å². The van der Waals surface area contributed by atoms with E-state index >= 15 is 0 Å². The number of pyridine rings is 1. The molecule has 0 fully saturated rings. The average molecular weight is 417 g/mol. The summed E-state index contributed by atoms with van der Waals surface area (Å²) in [6, 6.07) is 12.3. The summed E-state index contributed by atoms with van der Waals surface area (Å²) in [5, 5.41) is 19.0. The molecule has 3 aromatic heterocycles. The van der Waals surface area contributed by atoms with Crippen LogP contribution in [0.15, 0.2) is 42.6 Å². The van der Waals surface area contributed by atoms with Gasteiger partial charge in [-0.05, 0) is 34.5 Å². The zero-order chi connectivity index (χ0) is 21.6. The quantitative estimate of drug-likeness (QED) is 0.406. The highest BCUT2D eigenvalue weighted by Gasteiger charge is 2.14. The first kappa shape index (κ1) is 20.8. The lowest BCUT2D eigenvalue weighted by Crippen LogP contribution is -2.07. The largest absolute Gasteiger partial charge is 0.255 e. The van der Waals surface area contributed by atoms with E-state index in [0.717, 1.165) is 41.3 Å². The number of nitrogens with zero attached hydrogens (tertiary/aromatic N) is 7. The summed E-state index contributed by atoms with van der Waals surface area (Å²) >= 11 is 0. The van der Waals surface area contributed by atoms with Crippen molar-refractivity contribution in [3.63, 3.8) is 0 Å². The molecule has 0 bridgehead atoms. The smallest absolute Gasteiger partial charge is 0.181 e. The van der Waals surface area contributed by atoms with Gasteiger partial charge >= 0.3 is 0 Å². The van der Waals surface area contributed by atoms with Crippen LogP contribution in [-0.2, 0) is 13.0 Å². The van der Waals surface area contributed by atoms with Crippen molar-refractivity contribution in [2.45, 2.75) is 58.9 Å². The molecule has 4 rings (SSSR count). The van der Waals surface area contributed by atoms with E-state index < -0.39 is 0 Å². The standard InChI is InChI=1S/C23H28N8/c1-4-5-6-9-20-25-22(16(2)3)28-31(20)15-17-10-12-18(13-11-17)21-19(8-7-14-24-21)23-26-29-30-27-23/h7-8,10-14,16H,4-6,9,15H2,1-3H3,(H,26,27,29,30). The van der Waals surface area contributed by atoms with Crippen LogP contribution in [0.1, 0.15) is 63.2 Å². The highest BCUT2D eigenvalue weighted by Crippen LogP contribution is 2.27. The number of nitrogens with one attached hydrogen (secondary N) is 1. The third-order valence-corrected chi connectivity index (χ3v) is 5.25. The van der Waals surface area contributed by atoms with E-state index in [2.05, 4.69) is 75.3 Å². The molecule has 0 aliphatic heterocycles. The van der Waals surface area contributed by atoms with Crippen LogP contribution in [0.3, 0.4) is 0 Å². The Bertz CT molecular complexity index is 1100. The number of benzene rings is 1. The van der Waals surface area contributed by atoms with E-state index in [1.807, 2.05) is 12.1 Å². The Morgan fingerprint density at radius 2 is 1.90 bits per heavy atom. The van der Waals surface area contributed by atoms with Crippen LogP contribution >= 0.6 is 0 Å². The molecule has 0 saturated carbocycles. The highest BCUT2D eigenvalue weighted by molar-refractivity contribution is 5.76. The van der Waals surface area contributed by atoms with E-state index in [1.54, 1.807) is 6.20 Å². The molecular formula is C23H28N8. The summed E-state index contributed by atoms with van der Waals surface area (Å²) in [4.78, 5) is 9.36. The summed E-state index contributed by atoms with van der Waals surface area (Å²) in [5.41, 5.74) is 3.91. The van der Waals surface area contributed by atoms with Gasteiger partial charge in [0.25, 0.3) is 0 Å². The van der Waals surface area contributed by atoms with Gasteiger partial charge in [-0.1, -0.05) is 57.9 Å². The number of aromatic nitrogens is 8. The summed E-state index contributed by atoms with van der Waals surface area (Å²) in [6.45, 7) is 7.21. The molecule has 160 valence electrons. The fourth-order valence-electron chi connectivity index (χ4n) is 3.52. The molecule has 8 nitrogen and oxygen atoms in total. The molecule has 0 radical (unpaired) electrons. The SMILES string of the molecule is CCCCCc1nc(C(C)C)nn1Cc1ccc(-c2ncccc2-c2nnn[nH]2)cc1. The number of tetrazole rings is 1. The normalized spacial score (nSPS) is 11.4. The Morgan fingerprint density at radius 3 is 2.61 bits per heavy atom. The first-order chi connectivity index (χ1) is 15.2. The molecule has 1 N–H and O–H groups in total. The Morgan fingerprint density at radius 1 is 1.06 bits per heavy atom. The molecular weight excluding hydrogens is 388 g/mol. The predicted octanol–water partition coefficient (Wildman–Crippen LogP) is 4.42. The molecule has 0 aliphatic carbocycles. The molecule has 0 aliphatic rings. The Balaban J connectivity index is 1.56. The fourth-order valence-corrected chi connectivity index (χ4v) is 3.52. The number of unbranched alkanes of at least 4 members (excludes halogenated alkanes) is 2. The zero-order valence-electron chi connectivity index (χ0n) is 18.3. The van der Waals surface area contributed by atoms with Crippen molar-refractivity contribution < 1.29 is 0 Å². The Hall–Kier alpha value is -3.42. The van der Waals surface area contributed by atoms with Gasteiger partial charge in [-0.3, -0.25) is 4.98 Å². The summed E-state index contributed by atoms with van der Waals surface area (Å²) in [7, 11) is 0. The van der Waals surface area contributed by atoms with Gasteiger partial charge in [0.1, 0.15) is 5.82 Å². The molecule has 31 heavy (non-hydrogen) atoms. The molecule has 0 unspecified atom stereocenters. The summed E-state index contributed by atoms with van der Waals surface area (Å²) in [6.07, 6.45) is 6.30. The molecule has 0 spiro atoms. The minimum Gasteiger partial charge on any atom is -0.255 e. The van der Waals surface area contributed by atoms with Crippen molar-refractivity contribution in [3.8, 4) is 22.6 Å². The van der Waals surface area contributed by atoms with Gasteiger partial charge in [0.05, 0.1) is 12.2 Å². The van der Waals surface area contributed by atoms with Crippen LogP contribution in [-0.4, -0.2) is 40.4 Å². The van der Waals surface area contributed by atoms with Crippen molar-refractivity contribution in [1.82, 2.24) is 40.4 Å². The van der Waals surface area contributed by atoms with Gasteiger partial charge < -0.3 is 0 Å². The second-order valence-corrected chi connectivity index (χ2v) is 8.00. The van der Waals surface area contributed by atoms with Gasteiger partial charge in [0, 0.05) is 29.7 Å². The van der Waals surface area contributed by atoms with E-state index in [1.165, 1.54) is 18.4 Å². The minimum atomic E-state index is 0.321. The minimum absolute atomic E-state index is 0.321. The first-order valence-electron chi connectivity index (χ1n) is 10.9. The average Bonchev–Trinajstić information content (AvgIpc) is 3.45. The summed E-state index contributed by atoms with van der Waals surface area (Å²) < 4.78 is 2.06. The van der Waals surface area contributed by atoms with E-state index in [4.69, 9.17) is 10.1 Å². The fraction of sp³-hybridized carbons (Fsp3) is 0.391. The Labute approximate surface area is 182 Å². The van der Waals surface area contributed by atoms with Crippen molar-refractivity contribution in [1.29, 1.82) is 0 Å². The van der Waals surface area contributed by atoms with Crippen LogP contribution in [0.2, 0.25) is 0 Å². The maximum atomic E-state index is 4.80. The third-order valence-electron chi connectivity index (χ3n) is 5.25. The monoisotopic (exact) mass is 416 g/mol. The molecule has 0 amide bonds. The number of H-pyrrole nitrogens is 1. The van der Waals surface area contributed by atoms with Gasteiger partial charge in [-0.15, -0.1) is 5.10 Å². The first-order valence-corrected chi connectivity index (χ1v) is 10.9. The topological polar surface area (TPSA) is 98.1 Å². The van der Waals surface area contributed by atoms with Gasteiger partial charge in [0.2, 0.25) is 0 Å². The van der Waals surface area contributed by atoms with Crippen molar-refractivity contribution in [2.75, 3.05) is 0 Å². The molecule has 4 aromatic rings. The second-order valence-electron chi connectivity index (χ2n) is 8.00. The number of hydrogen-bond acceptors (Lipinski definition) is 6. The maximum absolute atomic E-state index is 4.80. The highest BCUT2D eigenvalue weighted by atomic mass is 15.5. The lowest BCUT2D eigenvalue weighted by atomic mass is 10.0. The third kappa shape index (κ3) is 4.84. The second kappa shape index (κ2) is 9.59. The van der Waals surface area contributed by atoms with Gasteiger partial charge in [-0.2, -0.15) is 5.10 Å². The summed E-state index contributed by atoms with van der Waals surface area (Å²) in [5.74, 6) is 2.92. The number of aryl methyl sites for hydroxylation is 1. The van der Waals surface area contributed by atoms with Crippen LogP contribution in [0.25, 0.3) is 22.6 Å². The van der Waals surface area contributed by atoms with Crippen molar-refractivity contribution in [2.24, 2.45) is 0 Å². The van der Waals surface area contributed by atoms with Crippen LogP contribution in [0, 0.1) is 0 Å². The van der Waals surface area contributed by atoms with Crippen molar-refractivity contribution in [3.05, 3.63) is 59.8 Å². The van der Waals surface area contributed by atoms with E-state index in [9.17, 15) is 0 Å². The number of rotatable bonds is 9. The molecule has 0 atom stereocenters. The maximum Gasteiger partial charge on any atom is 0.181 e. The van der Waals surface area contributed by atoms with Crippen molar-refractivity contribution >= 4 is 0 Å². The zero-order valence-corrected chi connectivity index (χ0v) is 18.3. The lowest BCUT2D eigenvalue weighted by Gasteiger charge is -2.09. The van der Waals surface area contributed by atoms with E-state index in [-0.39, 0.29) is 0 Å². The van der Waals surface area contributed by atoms with Crippen LogP contribution in [0.4, 0.5) is 0 Å². The van der Waals surface area contributed by atoms with Gasteiger partial charge in [0.15, 0.2) is 11.6 Å². The predicted molar refractivity (Wildman–Crippen MR) is 119 cm³/mol. The molecule has 1 aromatic carbocycles. The number of hydrogen-bond donors (Lipinski definition) is 1. The number of aromatic amines is 1. The molecule has 0 saturated heterocycles. The Kier molecular flexibility index (Phi) is 6.45. The van der Waals surface area contributed by atoms with Gasteiger partial charge in [-0.25, -0.2) is 14.8 Å². The molecule has 8 heteroatoms. The molecule has 3 heterocycles. The lowest BCUT2D eigenvalue weighted by molar-refractivity contribution is 0.601. The van der Waals surface area contributed by atoms with Crippen LogP contribution in [0.5, 0.6) is 0 Å².